The van der Waals surface area contributed by atoms with Crippen molar-refractivity contribution in [3.8, 4) is 0 Å². The van der Waals surface area contributed by atoms with Gasteiger partial charge in [-0.05, 0) is 37.2 Å². The van der Waals surface area contributed by atoms with Crippen LogP contribution < -0.4 is 10.6 Å². The molecule has 0 unspecified atom stereocenters. The molecule has 1 aliphatic heterocycles. The third kappa shape index (κ3) is 3.85. The van der Waals surface area contributed by atoms with Crippen molar-refractivity contribution in [2.75, 3.05) is 6.61 Å². The number of hydrogen-bond donors (Lipinski definition) is 2. The molecule has 0 bridgehead atoms. The second-order valence-electron chi connectivity index (χ2n) is 5.70. The molecule has 7 heteroatoms. The van der Waals surface area contributed by atoms with Crippen molar-refractivity contribution in [1.29, 1.82) is 0 Å². The summed E-state index contributed by atoms with van der Waals surface area (Å²) in [5, 5.41) is 5.73. The molecule has 0 aromatic heterocycles. The second kappa shape index (κ2) is 7.04. The molecule has 0 saturated carbocycles. The smallest absolute Gasteiger partial charge is 0.338 e. The van der Waals surface area contributed by atoms with Crippen molar-refractivity contribution >= 4 is 23.3 Å². The Morgan fingerprint density at radius 2 is 1.96 bits per heavy atom. The summed E-state index contributed by atoms with van der Waals surface area (Å²) in [6.07, 6.45) is 0. The Kier molecular flexibility index (Phi) is 5.30. The maximum Gasteiger partial charge on any atom is 0.338 e. The molecule has 0 aliphatic carbocycles. The van der Waals surface area contributed by atoms with E-state index < -0.39 is 23.6 Å². The van der Waals surface area contributed by atoms with Crippen LogP contribution >= 0.6 is 12.2 Å². The molecule has 0 spiro atoms. The summed E-state index contributed by atoms with van der Waals surface area (Å²) in [5.74, 6) is -2.00. The van der Waals surface area contributed by atoms with E-state index in [4.69, 9.17) is 17.0 Å². The Labute approximate surface area is 138 Å². The van der Waals surface area contributed by atoms with Crippen LogP contribution in [0.5, 0.6) is 0 Å². The first-order valence-corrected chi connectivity index (χ1v) is 7.61. The summed E-state index contributed by atoms with van der Waals surface area (Å²) in [6.45, 7) is 5.63. The number of ether oxygens (including phenoxy) is 1. The SMILES string of the molecule is CC1=C(C(=O)OCC(C)C)[C@@H](c2c(F)cccc2F)NC(=S)N1. The first-order valence-electron chi connectivity index (χ1n) is 7.20. The van der Waals surface area contributed by atoms with Gasteiger partial charge in [-0.25, -0.2) is 13.6 Å². The Balaban J connectivity index is 2.44. The standard InChI is InChI=1S/C16H18F2N2O2S/c1-8(2)7-22-15(21)12-9(3)19-16(23)20-14(12)13-10(17)5-4-6-11(13)18/h4-6,8,14H,7H2,1-3H3,(H2,19,20,23)/t14-/m0/s1. The number of esters is 1. The molecule has 0 radical (unpaired) electrons. The highest BCUT2D eigenvalue weighted by Gasteiger charge is 2.34. The summed E-state index contributed by atoms with van der Waals surface area (Å²) < 4.78 is 33.5. The number of hydrogen-bond acceptors (Lipinski definition) is 3. The molecule has 23 heavy (non-hydrogen) atoms. The van der Waals surface area contributed by atoms with E-state index in [1.54, 1.807) is 6.92 Å². The molecule has 1 aromatic rings. The van der Waals surface area contributed by atoms with Crippen LogP contribution in [0, 0.1) is 17.6 Å². The quantitative estimate of drug-likeness (QED) is 0.652. The van der Waals surface area contributed by atoms with Gasteiger partial charge in [0, 0.05) is 5.70 Å². The van der Waals surface area contributed by atoms with Gasteiger partial charge in [-0.3, -0.25) is 0 Å². The Hall–Kier alpha value is -2.02. The molecular formula is C16H18F2N2O2S. The molecule has 124 valence electrons. The molecule has 1 aromatic carbocycles. The van der Waals surface area contributed by atoms with E-state index in [1.807, 2.05) is 13.8 Å². The van der Waals surface area contributed by atoms with Gasteiger partial charge in [0.05, 0.1) is 23.8 Å². The fourth-order valence-electron chi connectivity index (χ4n) is 2.29. The average molecular weight is 340 g/mol. The fraction of sp³-hybridized carbons (Fsp3) is 0.375. The first kappa shape index (κ1) is 17.3. The van der Waals surface area contributed by atoms with E-state index in [-0.39, 0.29) is 28.8 Å². The monoisotopic (exact) mass is 340 g/mol. The van der Waals surface area contributed by atoms with E-state index in [9.17, 15) is 13.6 Å². The van der Waals surface area contributed by atoms with Crippen LogP contribution in [0.2, 0.25) is 0 Å². The van der Waals surface area contributed by atoms with E-state index in [0.29, 0.717) is 5.70 Å². The maximum atomic E-state index is 14.1. The van der Waals surface area contributed by atoms with Crippen LogP contribution in [0.1, 0.15) is 32.4 Å². The predicted octanol–water partition coefficient (Wildman–Crippen LogP) is 2.96. The van der Waals surface area contributed by atoms with Gasteiger partial charge >= 0.3 is 5.97 Å². The highest BCUT2D eigenvalue weighted by Crippen LogP contribution is 2.31. The minimum atomic E-state index is -1.04. The van der Waals surface area contributed by atoms with Crippen molar-refractivity contribution in [3.05, 3.63) is 46.7 Å². The zero-order valence-electron chi connectivity index (χ0n) is 13.1. The van der Waals surface area contributed by atoms with Crippen LogP contribution in [0.4, 0.5) is 8.78 Å². The maximum absolute atomic E-state index is 14.1. The highest BCUT2D eigenvalue weighted by molar-refractivity contribution is 7.80. The molecule has 2 rings (SSSR count). The van der Waals surface area contributed by atoms with Gasteiger partial charge in [0.15, 0.2) is 5.11 Å². The van der Waals surface area contributed by atoms with E-state index in [1.165, 1.54) is 6.07 Å². The lowest BCUT2D eigenvalue weighted by Crippen LogP contribution is -2.45. The Morgan fingerprint density at radius 1 is 1.35 bits per heavy atom. The van der Waals surface area contributed by atoms with Gasteiger partial charge in [0.1, 0.15) is 11.6 Å². The summed E-state index contributed by atoms with van der Waals surface area (Å²) in [5.41, 5.74) is 0.269. The van der Waals surface area contributed by atoms with Gasteiger partial charge in [0.25, 0.3) is 0 Å². The van der Waals surface area contributed by atoms with Crippen LogP contribution in [-0.2, 0) is 9.53 Å². The highest BCUT2D eigenvalue weighted by atomic mass is 32.1. The molecule has 0 fully saturated rings. The van der Waals surface area contributed by atoms with Crippen molar-refractivity contribution in [3.63, 3.8) is 0 Å². The summed E-state index contributed by atoms with van der Waals surface area (Å²) >= 11 is 5.04. The minimum Gasteiger partial charge on any atom is -0.462 e. The first-order chi connectivity index (χ1) is 10.8. The minimum absolute atomic E-state index is 0.114. The van der Waals surface area contributed by atoms with Crippen molar-refractivity contribution in [1.82, 2.24) is 10.6 Å². The van der Waals surface area contributed by atoms with Crippen LogP contribution in [0.15, 0.2) is 29.5 Å². The number of nitrogens with one attached hydrogen (secondary N) is 2. The molecule has 0 amide bonds. The number of rotatable bonds is 4. The number of carbonyl (C=O) groups is 1. The number of benzene rings is 1. The van der Waals surface area contributed by atoms with E-state index in [0.717, 1.165) is 12.1 Å². The largest absolute Gasteiger partial charge is 0.462 e. The zero-order valence-corrected chi connectivity index (χ0v) is 13.9. The number of allylic oxidation sites excluding steroid dienone is 1. The molecule has 0 saturated heterocycles. The molecule has 1 atom stereocenters. The topological polar surface area (TPSA) is 50.4 Å². The fourth-order valence-corrected chi connectivity index (χ4v) is 2.56. The molecular weight excluding hydrogens is 322 g/mol. The lowest BCUT2D eigenvalue weighted by molar-refractivity contribution is -0.140. The molecule has 2 N–H and O–H groups in total. The van der Waals surface area contributed by atoms with Gasteiger partial charge < -0.3 is 15.4 Å². The van der Waals surface area contributed by atoms with Gasteiger partial charge in [0.2, 0.25) is 0 Å². The predicted molar refractivity (Wildman–Crippen MR) is 86.5 cm³/mol. The Bertz CT molecular complexity index is 654. The van der Waals surface area contributed by atoms with Gasteiger partial charge in [-0.2, -0.15) is 0 Å². The van der Waals surface area contributed by atoms with Gasteiger partial charge in [-0.15, -0.1) is 0 Å². The third-order valence-electron chi connectivity index (χ3n) is 3.33. The number of carbonyl (C=O) groups excluding carboxylic acids is 1. The van der Waals surface area contributed by atoms with Crippen molar-refractivity contribution in [2.24, 2.45) is 5.92 Å². The zero-order chi connectivity index (χ0) is 17.1. The van der Waals surface area contributed by atoms with E-state index in [2.05, 4.69) is 10.6 Å². The second-order valence-corrected chi connectivity index (χ2v) is 6.11. The normalized spacial score (nSPS) is 17.8. The van der Waals surface area contributed by atoms with Gasteiger partial charge in [-0.1, -0.05) is 19.9 Å². The van der Waals surface area contributed by atoms with Crippen molar-refractivity contribution < 1.29 is 18.3 Å². The molecule has 4 nitrogen and oxygen atoms in total. The van der Waals surface area contributed by atoms with Crippen LogP contribution in [0.25, 0.3) is 0 Å². The molecule has 1 aliphatic rings. The van der Waals surface area contributed by atoms with E-state index >= 15 is 0 Å². The summed E-state index contributed by atoms with van der Waals surface area (Å²) in [4.78, 5) is 12.4. The number of halogens is 2. The average Bonchev–Trinajstić information content (AvgIpc) is 2.44. The lowest BCUT2D eigenvalue weighted by Gasteiger charge is -2.30. The Morgan fingerprint density at radius 3 is 2.52 bits per heavy atom. The molecule has 1 heterocycles. The van der Waals surface area contributed by atoms with Crippen molar-refractivity contribution in [2.45, 2.75) is 26.8 Å². The summed E-state index contributed by atoms with van der Waals surface area (Å²) in [7, 11) is 0. The van der Waals surface area contributed by atoms with Crippen LogP contribution in [-0.4, -0.2) is 17.7 Å². The third-order valence-corrected chi connectivity index (χ3v) is 3.55. The number of thiocarbonyl (C=S) groups is 1. The summed E-state index contributed by atoms with van der Waals surface area (Å²) in [6, 6.07) is 2.50. The lowest BCUT2D eigenvalue weighted by atomic mass is 9.94. The van der Waals surface area contributed by atoms with Crippen LogP contribution in [0.3, 0.4) is 0 Å².